The molecule has 1 aliphatic carbocycles. The molecular formula is C33H29ClF3N7O2. The van der Waals surface area contributed by atoms with E-state index in [0.29, 0.717) is 40.6 Å². The average Bonchev–Trinajstić information content (AvgIpc) is 3.73. The van der Waals surface area contributed by atoms with E-state index in [4.69, 9.17) is 27.9 Å². The molecule has 3 fully saturated rings. The first-order chi connectivity index (χ1) is 22.2. The monoisotopic (exact) mass is 647 g/mol. The second-order valence-corrected chi connectivity index (χ2v) is 12.5. The third-order valence-electron chi connectivity index (χ3n) is 9.35. The number of ether oxygens (including phenoxy) is 1. The van der Waals surface area contributed by atoms with Gasteiger partial charge in [0.2, 0.25) is 6.54 Å². The van der Waals surface area contributed by atoms with Crippen LogP contribution >= 0.6 is 11.6 Å². The van der Waals surface area contributed by atoms with Gasteiger partial charge in [0.05, 0.1) is 10.4 Å². The maximum absolute atomic E-state index is 16.7. The number of carbonyl (C=O) groups excluding carboxylic acids is 1. The van der Waals surface area contributed by atoms with Crippen molar-refractivity contribution < 1.29 is 22.7 Å². The molecular weight excluding hydrogens is 619 g/mol. The molecule has 2 aromatic carbocycles. The van der Waals surface area contributed by atoms with Crippen LogP contribution in [0.2, 0.25) is 5.02 Å². The molecule has 4 heterocycles. The summed E-state index contributed by atoms with van der Waals surface area (Å²) in [7, 11) is 2.05. The number of aromatic nitrogens is 3. The summed E-state index contributed by atoms with van der Waals surface area (Å²) in [5.74, 6) is -1.86. The highest BCUT2D eigenvalue weighted by atomic mass is 35.5. The third-order valence-corrected chi connectivity index (χ3v) is 9.72. The summed E-state index contributed by atoms with van der Waals surface area (Å²) in [6.07, 6.45) is 2.60. The number of pyridine rings is 1. The summed E-state index contributed by atoms with van der Waals surface area (Å²) in [6, 6.07) is 7.40. The largest absolute Gasteiger partial charge is 0.462 e. The van der Waals surface area contributed by atoms with E-state index in [2.05, 4.69) is 26.3 Å². The first-order valence-corrected chi connectivity index (χ1v) is 15.3. The van der Waals surface area contributed by atoms with Crippen molar-refractivity contribution in [1.29, 1.82) is 0 Å². The van der Waals surface area contributed by atoms with E-state index in [1.54, 1.807) is 29.2 Å². The van der Waals surface area contributed by atoms with E-state index in [9.17, 15) is 13.6 Å². The van der Waals surface area contributed by atoms with E-state index in [1.165, 1.54) is 17.2 Å². The lowest BCUT2D eigenvalue weighted by molar-refractivity contribution is -0.131. The van der Waals surface area contributed by atoms with Crippen LogP contribution in [0, 0.1) is 30.0 Å². The third kappa shape index (κ3) is 5.17. The molecule has 2 saturated heterocycles. The fraction of sp³-hybridized carbons (Fsp3) is 0.364. The molecule has 9 nitrogen and oxygen atoms in total. The molecule has 0 spiro atoms. The predicted molar refractivity (Wildman–Crippen MR) is 168 cm³/mol. The standard InChI is InChI=1S/C33H29ClF3N7O2/c1-17(35)32(45)44-10-9-43(15-20(44)12-38-2)31-23-13-39-29(21-6-4-5-18-7-8-24(36)27(34)26(18)21)28(37)30(23)40-33(41-31)46-16-25-22-11-19(22)14-42(25)3/h4-8,13,19-20,22,25H,1,9-12,14-16H2,3H3/t19-,20+,22-,25-/m1/s1. The highest BCUT2D eigenvalue weighted by Crippen LogP contribution is 2.49. The number of rotatable bonds is 7. The van der Waals surface area contributed by atoms with Gasteiger partial charge in [-0.2, -0.15) is 9.97 Å². The molecule has 13 heteroatoms. The number of nitrogens with zero attached hydrogens (tertiary/aromatic N) is 7. The minimum atomic E-state index is -1.10. The normalized spacial score (nSPS) is 22.6. The molecule has 2 aliphatic heterocycles. The number of benzene rings is 2. The molecule has 0 bridgehead atoms. The van der Waals surface area contributed by atoms with Gasteiger partial charge < -0.3 is 19.4 Å². The number of hydrogen-bond donors (Lipinski definition) is 0. The lowest BCUT2D eigenvalue weighted by Gasteiger charge is -2.39. The van der Waals surface area contributed by atoms with E-state index in [1.807, 2.05) is 7.05 Å². The summed E-state index contributed by atoms with van der Waals surface area (Å²) in [5.41, 5.74) is 0.170. The molecule has 4 aromatic rings. The quantitative estimate of drug-likeness (QED) is 0.193. The Balaban J connectivity index is 1.33. The van der Waals surface area contributed by atoms with Crippen LogP contribution in [0.25, 0.3) is 37.8 Å². The lowest BCUT2D eigenvalue weighted by atomic mass is 10.0. The van der Waals surface area contributed by atoms with E-state index >= 15 is 4.39 Å². The second kappa shape index (κ2) is 11.7. The number of amides is 1. The molecule has 236 valence electrons. The Morgan fingerprint density at radius 3 is 2.76 bits per heavy atom. The van der Waals surface area contributed by atoms with Crippen LogP contribution in [0.3, 0.4) is 0 Å². The number of piperazine rings is 1. The Morgan fingerprint density at radius 2 is 2.02 bits per heavy atom. The molecule has 2 aromatic heterocycles. The van der Waals surface area contributed by atoms with E-state index in [-0.39, 0.29) is 59.9 Å². The van der Waals surface area contributed by atoms with Crippen molar-refractivity contribution >= 4 is 45.0 Å². The smallest absolute Gasteiger partial charge is 0.319 e. The highest BCUT2D eigenvalue weighted by Gasteiger charge is 2.51. The van der Waals surface area contributed by atoms with Crippen molar-refractivity contribution in [3.05, 3.63) is 77.0 Å². The molecule has 1 amide bonds. The summed E-state index contributed by atoms with van der Waals surface area (Å²) >= 11 is 6.37. The summed E-state index contributed by atoms with van der Waals surface area (Å²) in [4.78, 5) is 35.0. The van der Waals surface area contributed by atoms with E-state index < -0.39 is 29.4 Å². The molecule has 4 atom stereocenters. The molecule has 46 heavy (non-hydrogen) atoms. The Labute approximate surface area is 268 Å². The van der Waals surface area contributed by atoms with Crippen LogP contribution in [0.5, 0.6) is 6.01 Å². The van der Waals surface area contributed by atoms with Crippen molar-refractivity contribution in [2.75, 3.05) is 51.3 Å². The Bertz CT molecular complexity index is 1950. The number of piperidine rings is 1. The fourth-order valence-electron chi connectivity index (χ4n) is 6.95. The number of likely N-dealkylation sites (tertiary alicyclic amines) is 1. The van der Waals surface area contributed by atoms with E-state index in [0.717, 1.165) is 13.0 Å². The number of halogens is 4. The zero-order valence-corrected chi connectivity index (χ0v) is 25.6. The predicted octanol–water partition coefficient (Wildman–Crippen LogP) is 5.53. The lowest BCUT2D eigenvalue weighted by Crippen LogP contribution is -2.56. The van der Waals surface area contributed by atoms with Gasteiger partial charge in [-0.05, 0) is 36.8 Å². The van der Waals surface area contributed by atoms with Crippen LogP contribution in [0.4, 0.5) is 19.0 Å². The van der Waals surface area contributed by atoms with Gasteiger partial charge >= 0.3 is 6.01 Å². The van der Waals surface area contributed by atoms with Gasteiger partial charge in [-0.25, -0.2) is 19.7 Å². The van der Waals surface area contributed by atoms with Gasteiger partial charge in [0.1, 0.15) is 35.5 Å². The summed E-state index contributed by atoms with van der Waals surface area (Å²) in [6.45, 7) is 12.2. The number of hydrogen-bond acceptors (Lipinski definition) is 7. The van der Waals surface area contributed by atoms with Gasteiger partial charge in [0, 0.05) is 49.4 Å². The van der Waals surface area contributed by atoms with Crippen molar-refractivity contribution in [3.8, 4) is 17.3 Å². The zero-order chi connectivity index (χ0) is 32.3. The van der Waals surface area contributed by atoms with Gasteiger partial charge in [-0.15, -0.1) is 0 Å². The Morgan fingerprint density at radius 1 is 1.20 bits per heavy atom. The minimum absolute atomic E-state index is 0.0320. The average molecular weight is 648 g/mol. The number of carbonyl (C=O) groups is 1. The minimum Gasteiger partial charge on any atom is -0.462 e. The fourth-order valence-corrected chi connectivity index (χ4v) is 7.22. The summed E-state index contributed by atoms with van der Waals surface area (Å²) < 4.78 is 51.1. The van der Waals surface area contributed by atoms with Crippen LogP contribution in [-0.2, 0) is 4.79 Å². The molecule has 7 rings (SSSR count). The van der Waals surface area contributed by atoms with Crippen LogP contribution in [0.15, 0.2) is 48.9 Å². The molecule has 0 N–H and O–H groups in total. The number of anilines is 1. The van der Waals surface area contributed by atoms with Gasteiger partial charge in [0.25, 0.3) is 5.91 Å². The van der Waals surface area contributed by atoms with Gasteiger partial charge in [-0.3, -0.25) is 14.7 Å². The maximum atomic E-state index is 16.7. The zero-order valence-electron chi connectivity index (χ0n) is 24.9. The first-order valence-electron chi connectivity index (χ1n) is 15.0. The Kier molecular flexibility index (Phi) is 7.69. The maximum Gasteiger partial charge on any atom is 0.319 e. The van der Waals surface area contributed by atoms with Crippen molar-refractivity contribution in [2.24, 2.45) is 11.8 Å². The molecule has 1 saturated carbocycles. The van der Waals surface area contributed by atoms with Crippen LogP contribution < -0.4 is 9.64 Å². The second-order valence-electron chi connectivity index (χ2n) is 12.1. The van der Waals surface area contributed by atoms with Crippen molar-refractivity contribution in [1.82, 2.24) is 24.8 Å². The van der Waals surface area contributed by atoms with Gasteiger partial charge in [-0.1, -0.05) is 42.4 Å². The topological polar surface area (TPSA) is 79.1 Å². The van der Waals surface area contributed by atoms with Crippen molar-refractivity contribution in [3.63, 3.8) is 0 Å². The van der Waals surface area contributed by atoms with Gasteiger partial charge in [0.15, 0.2) is 11.6 Å². The van der Waals surface area contributed by atoms with Crippen LogP contribution in [0.1, 0.15) is 6.42 Å². The summed E-state index contributed by atoms with van der Waals surface area (Å²) in [5, 5.41) is 1.07. The van der Waals surface area contributed by atoms with Crippen LogP contribution in [-0.4, -0.2) is 89.1 Å². The molecule has 3 aliphatic rings. The SMILES string of the molecule is [C-]#[N+]C[C@H]1CN(c2nc(OC[C@@H]3[C@@H]4C[C@@H]4CN3C)nc3c(F)c(-c4cccc5ccc(F)c(Cl)c45)ncc23)CCN1C(=O)C(=C)F. The Hall–Kier alpha value is -4.47. The highest BCUT2D eigenvalue weighted by molar-refractivity contribution is 6.36. The molecule has 0 unspecified atom stereocenters. The number of fused-ring (bicyclic) bond motifs is 3. The van der Waals surface area contributed by atoms with Crippen molar-refractivity contribution in [2.45, 2.75) is 18.5 Å². The first kappa shape index (κ1) is 30.2. The molecule has 0 radical (unpaired) electrons. The number of likely N-dealkylation sites (N-methyl/N-ethyl adjacent to an activating group) is 1.